The molecule has 0 saturated carbocycles. The first-order valence-electron chi connectivity index (χ1n) is 20.9. The topological polar surface area (TPSA) is 0 Å². The maximum atomic E-state index is 4.27. The molecule has 9 rings (SSSR count). The minimum absolute atomic E-state index is 0.483. The predicted octanol–water partition coefficient (Wildman–Crippen LogP) is 15.8. The summed E-state index contributed by atoms with van der Waals surface area (Å²) in [6, 6.07) is 59.9. The summed E-state index contributed by atoms with van der Waals surface area (Å²) in [6.45, 7) is 20.9. The maximum absolute atomic E-state index is 4.27. The number of benzene rings is 8. The number of aryl methyl sites for hydroxylation is 3. The molecule has 0 heteroatoms. The van der Waals surface area contributed by atoms with Crippen LogP contribution in [0.5, 0.6) is 0 Å². The molecule has 8 aromatic carbocycles. The van der Waals surface area contributed by atoms with Crippen LogP contribution in [0.2, 0.25) is 0 Å². The predicted molar refractivity (Wildman–Crippen MR) is 259 cm³/mol. The number of hydrogen-bond donors (Lipinski definition) is 0. The second-order valence-corrected chi connectivity index (χ2v) is 16.6. The van der Waals surface area contributed by atoms with Gasteiger partial charge in [0.25, 0.3) is 0 Å². The lowest BCUT2D eigenvalue weighted by Gasteiger charge is -2.34. The van der Waals surface area contributed by atoms with E-state index in [1.54, 1.807) is 6.08 Å². The van der Waals surface area contributed by atoms with Gasteiger partial charge >= 0.3 is 0 Å². The van der Waals surface area contributed by atoms with E-state index in [0.717, 1.165) is 28.7 Å². The van der Waals surface area contributed by atoms with Gasteiger partial charge in [0.05, 0.1) is 5.41 Å². The number of allylic oxidation sites excluding steroid dienone is 7. The molecule has 60 heavy (non-hydrogen) atoms. The summed E-state index contributed by atoms with van der Waals surface area (Å²) >= 11 is 0. The lowest BCUT2D eigenvalue weighted by molar-refractivity contribution is 0.767. The Labute approximate surface area is 355 Å². The number of fused-ring (bicyclic) bond motifs is 5. The summed E-state index contributed by atoms with van der Waals surface area (Å²) in [5, 5.41) is 4.99. The first-order valence-corrected chi connectivity index (χ1v) is 20.9. The lowest BCUT2D eigenvalue weighted by Crippen LogP contribution is -2.28. The van der Waals surface area contributed by atoms with E-state index in [4.69, 9.17) is 0 Å². The number of rotatable bonds is 10. The van der Waals surface area contributed by atoms with E-state index in [1.807, 2.05) is 18.2 Å². The fraction of sp³-hybridized carbons (Fsp3) is 0.100. The summed E-state index contributed by atoms with van der Waals surface area (Å²) in [6.07, 6.45) is 8.48. The van der Waals surface area contributed by atoms with Crippen molar-refractivity contribution in [1.82, 2.24) is 0 Å². The quantitative estimate of drug-likeness (QED) is 0.122. The van der Waals surface area contributed by atoms with Crippen molar-refractivity contribution in [2.45, 2.75) is 39.5 Å². The van der Waals surface area contributed by atoms with Gasteiger partial charge in [-0.1, -0.05) is 195 Å². The van der Waals surface area contributed by atoms with Gasteiger partial charge in [0.15, 0.2) is 0 Å². The van der Waals surface area contributed by atoms with Gasteiger partial charge in [-0.25, -0.2) is 0 Å². The zero-order valence-electron chi connectivity index (χ0n) is 35.1. The lowest BCUT2D eigenvalue weighted by atomic mass is 9.67. The van der Waals surface area contributed by atoms with E-state index >= 15 is 0 Å². The molecule has 0 radical (unpaired) electrons. The Kier molecular flexibility index (Phi) is 10.0. The standard InChI is InChI=1S/C60H50/c1-8-10-13-41(5)43(7)55(9-2)49-25-24-47-35-50(42(6)33-52(47)37-49)34-44-19-29-54(30-20-44)60(53-27-17-39(3)18-28-53)58-15-12-11-14-56(58)57-31-26-48(38-59(57)60)46-23-22-45-21-16-40(4)32-51(45)36-46/h8-33,35-38H,1-2,5,34H2,3-4,6-7H3. The Morgan fingerprint density at radius 1 is 0.567 bits per heavy atom. The molecule has 0 N–H and O–H groups in total. The Bertz CT molecular complexity index is 3070. The van der Waals surface area contributed by atoms with E-state index in [0.29, 0.717) is 0 Å². The van der Waals surface area contributed by atoms with Crippen molar-refractivity contribution < 1.29 is 0 Å². The Morgan fingerprint density at radius 2 is 1.22 bits per heavy atom. The second kappa shape index (κ2) is 15.6. The third-order valence-corrected chi connectivity index (χ3v) is 12.8. The largest absolute Gasteiger partial charge is 0.0991 e. The second-order valence-electron chi connectivity index (χ2n) is 16.6. The van der Waals surface area contributed by atoms with Crippen LogP contribution in [-0.2, 0) is 11.8 Å². The molecule has 0 fully saturated rings. The molecule has 8 aromatic rings. The molecule has 1 unspecified atom stereocenters. The molecule has 290 valence electrons. The van der Waals surface area contributed by atoms with E-state index in [9.17, 15) is 0 Å². The highest BCUT2D eigenvalue weighted by molar-refractivity contribution is 5.92. The molecular weight excluding hydrogens is 721 g/mol. The van der Waals surface area contributed by atoms with E-state index < -0.39 is 5.41 Å². The molecule has 0 aromatic heterocycles. The summed E-state index contributed by atoms with van der Waals surface area (Å²) < 4.78 is 0. The third kappa shape index (κ3) is 6.69. The fourth-order valence-electron chi connectivity index (χ4n) is 9.48. The van der Waals surface area contributed by atoms with Gasteiger partial charge in [-0.2, -0.15) is 0 Å². The van der Waals surface area contributed by atoms with Crippen LogP contribution in [0, 0.1) is 20.8 Å². The Balaban J connectivity index is 1.11. The zero-order valence-corrected chi connectivity index (χ0v) is 35.1. The molecule has 1 aliphatic carbocycles. The third-order valence-electron chi connectivity index (χ3n) is 12.8. The first kappa shape index (κ1) is 38.5. The summed E-state index contributed by atoms with van der Waals surface area (Å²) in [5.74, 6) is 0. The van der Waals surface area contributed by atoms with Crippen molar-refractivity contribution in [2.75, 3.05) is 0 Å². The molecule has 0 bridgehead atoms. The summed E-state index contributed by atoms with van der Waals surface area (Å²) in [7, 11) is 0. The molecule has 0 aliphatic heterocycles. The van der Waals surface area contributed by atoms with Crippen molar-refractivity contribution in [2.24, 2.45) is 0 Å². The highest BCUT2D eigenvalue weighted by Crippen LogP contribution is 2.57. The smallest absolute Gasteiger partial charge is 0.0713 e. The highest BCUT2D eigenvalue weighted by Gasteiger charge is 2.46. The average molecular weight is 771 g/mol. The van der Waals surface area contributed by atoms with E-state index in [1.165, 1.54) is 93.9 Å². The van der Waals surface area contributed by atoms with Crippen molar-refractivity contribution in [1.29, 1.82) is 0 Å². The minimum atomic E-state index is -0.483. The Hall–Kier alpha value is -7.02. The van der Waals surface area contributed by atoms with Gasteiger partial charge < -0.3 is 0 Å². The monoisotopic (exact) mass is 770 g/mol. The molecular formula is C60H50. The first-order chi connectivity index (χ1) is 29.2. The van der Waals surface area contributed by atoms with Crippen LogP contribution in [0.3, 0.4) is 0 Å². The summed E-state index contributed by atoms with van der Waals surface area (Å²) in [4.78, 5) is 0. The maximum Gasteiger partial charge on any atom is 0.0713 e. The molecule has 0 amide bonds. The van der Waals surface area contributed by atoms with Gasteiger partial charge in [0, 0.05) is 0 Å². The van der Waals surface area contributed by atoms with Crippen LogP contribution < -0.4 is 0 Å². The molecule has 1 atom stereocenters. The highest BCUT2D eigenvalue weighted by atomic mass is 14.5. The zero-order chi connectivity index (χ0) is 41.5. The van der Waals surface area contributed by atoms with Gasteiger partial charge in [0.1, 0.15) is 0 Å². The summed E-state index contributed by atoms with van der Waals surface area (Å²) in [5.41, 5.74) is 20.5. The molecule has 0 nitrogen and oxygen atoms in total. The normalized spacial score (nSPS) is 14.9. The molecule has 0 spiro atoms. The van der Waals surface area contributed by atoms with Gasteiger partial charge in [-0.05, 0) is 157 Å². The van der Waals surface area contributed by atoms with Gasteiger partial charge in [0.2, 0.25) is 0 Å². The van der Waals surface area contributed by atoms with Crippen molar-refractivity contribution in [3.8, 4) is 22.3 Å². The van der Waals surface area contributed by atoms with Crippen LogP contribution in [0.25, 0.3) is 49.4 Å². The van der Waals surface area contributed by atoms with Crippen molar-refractivity contribution >= 4 is 27.1 Å². The molecule has 1 aliphatic rings. The average Bonchev–Trinajstić information content (AvgIpc) is 3.56. The number of hydrogen-bond acceptors (Lipinski definition) is 0. The van der Waals surface area contributed by atoms with Crippen LogP contribution in [0.1, 0.15) is 62.6 Å². The van der Waals surface area contributed by atoms with Crippen molar-refractivity contribution in [3.05, 3.63) is 269 Å². The molecule has 0 saturated heterocycles. The van der Waals surface area contributed by atoms with Crippen molar-refractivity contribution in [3.63, 3.8) is 0 Å². The van der Waals surface area contributed by atoms with Crippen LogP contribution in [0.15, 0.2) is 213 Å². The van der Waals surface area contributed by atoms with E-state index in [2.05, 4.69) is 205 Å². The van der Waals surface area contributed by atoms with E-state index in [-0.39, 0.29) is 0 Å². The van der Waals surface area contributed by atoms with Crippen LogP contribution in [0.4, 0.5) is 0 Å². The van der Waals surface area contributed by atoms with Crippen LogP contribution >= 0.6 is 0 Å². The fourth-order valence-corrected chi connectivity index (χ4v) is 9.48. The van der Waals surface area contributed by atoms with Gasteiger partial charge in [-0.15, -0.1) is 0 Å². The Morgan fingerprint density at radius 3 is 1.98 bits per heavy atom. The SMILES string of the molecule is C=CC=CC(=C)C(C)=C(C=C)c1ccc2cc(Cc3ccc(C4(c5ccc(C)cc5)c5ccccc5-c5ccc(-c6ccc7ccc(C)cc7c6)cc54)cc3)c(C)cc2c1. The van der Waals surface area contributed by atoms with Gasteiger partial charge in [-0.3, -0.25) is 0 Å². The van der Waals surface area contributed by atoms with Crippen LogP contribution in [-0.4, -0.2) is 0 Å². The minimum Gasteiger partial charge on any atom is -0.0991 e. The molecule has 0 heterocycles.